The van der Waals surface area contributed by atoms with E-state index in [1.807, 2.05) is 0 Å². The topological polar surface area (TPSA) is 30.5 Å². The molecule has 1 aliphatic carbocycles. The van der Waals surface area contributed by atoms with Crippen LogP contribution in [0.25, 0.3) is 0 Å². The van der Waals surface area contributed by atoms with Crippen molar-refractivity contribution in [2.24, 2.45) is 17.6 Å². The first-order valence-corrected chi connectivity index (χ1v) is 7.33. The number of nitrogens with one attached hydrogen (secondary N) is 1. The van der Waals surface area contributed by atoms with E-state index in [1.165, 1.54) is 51.6 Å². The molecule has 0 aromatic rings. The Bertz CT molecular complexity index is 214. The van der Waals surface area contributed by atoms with Crippen LogP contribution in [-0.4, -0.2) is 24.6 Å². The van der Waals surface area contributed by atoms with Crippen LogP contribution in [-0.2, 0) is 0 Å². The Morgan fingerprint density at radius 3 is 2.50 bits per heavy atom. The van der Waals surface area contributed by atoms with Gasteiger partial charge in [-0.3, -0.25) is 5.73 Å². The van der Waals surface area contributed by atoms with Crippen LogP contribution in [0.3, 0.4) is 0 Å². The highest BCUT2D eigenvalue weighted by Crippen LogP contribution is 2.26. The van der Waals surface area contributed by atoms with Crippen LogP contribution in [0, 0.1) is 11.8 Å². The molecule has 3 atom stereocenters. The molecule has 2 rings (SSSR count). The first-order chi connectivity index (χ1) is 7.65. The highest BCUT2D eigenvalue weighted by Gasteiger charge is 2.30. The lowest BCUT2D eigenvalue weighted by molar-refractivity contribution is -0.935. The number of piperidine rings is 1. The molecule has 0 spiro atoms. The second-order valence-electron chi connectivity index (χ2n) is 5.97. The van der Waals surface area contributed by atoms with E-state index in [-0.39, 0.29) is 0 Å². The van der Waals surface area contributed by atoms with E-state index < -0.39 is 0 Å². The van der Waals surface area contributed by atoms with Gasteiger partial charge in [0.1, 0.15) is 6.17 Å². The molecule has 0 amide bonds. The molecule has 0 aromatic heterocycles. The molecule has 16 heavy (non-hydrogen) atoms. The summed E-state index contributed by atoms with van der Waals surface area (Å²) < 4.78 is 0. The van der Waals surface area contributed by atoms with Crippen molar-refractivity contribution >= 4 is 11.6 Å². The maximum Gasteiger partial charge on any atom is 0.139 e. The number of rotatable bonds is 2. The Labute approximate surface area is 105 Å². The van der Waals surface area contributed by atoms with E-state index in [2.05, 4.69) is 6.92 Å². The van der Waals surface area contributed by atoms with Gasteiger partial charge in [0.2, 0.25) is 0 Å². The normalized spacial score (nSPS) is 45.6. The number of halogens is 1. The fraction of sp³-hybridized carbons (Fsp3) is 1.00. The van der Waals surface area contributed by atoms with Crippen molar-refractivity contribution in [3.63, 3.8) is 0 Å². The van der Waals surface area contributed by atoms with Gasteiger partial charge in [-0.2, -0.15) is 0 Å². The first kappa shape index (κ1) is 12.7. The SMILES string of the molecule is CC1CC[NH+](CC2CCC(Cl)CC2)C(N)C1. The minimum absolute atomic E-state index is 0.387. The summed E-state index contributed by atoms with van der Waals surface area (Å²) in [7, 11) is 0. The Morgan fingerprint density at radius 1 is 1.19 bits per heavy atom. The Kier molecular flexibility index (Phi) is 4.51. The van der Waals surface area contributed by atoms with E-state index >= 15 is 0 Å². The predicted molar refractivity (Wildman–Crippen MR) is 68.7 cm³/mol. The summed E-state index contributed by atoms with van der Waals surface area (Å²) in [5.41, 5.74) is 6.25. The molecular weight excluding hydrogens is 220 g/mol. The molecule has 1 saturated carbocycles. The molecule has 1 aliphatic heterocycles. The van der Waals surface area contributed by atoms with Crippen LogP contribution in [0.2, 0.25) is 0 Å². The zero-order chi connectivity index (χ0) is 11.5. The third-order valence-electron chi connectivity index (χ3n) is 4.47. The van der Waals surface area contributed by atoms with Gasteiger partial charge in [0.15, 0.2) is 0 Å². The molecule has 1 saturated heterocycles. The number of hydrogen-bond donors (Lipinski definition) is 2. The summed E-state index contributed by atoms with van der Waals surface area (Å²) in [5, 5.41) is 0.446. The lowest BCUT2D eigenvalue weighted by Crippen LogP contribution is -3.19. The van der Waals surface area contributed by atoms with Crippen molar-refractivity contribution in [1.29, 1.82) is 0 Å². The van der Waals surface area contributed by atoms with Crippen molar-refractivity contribution in [1.82, 2.24) is 0 Å². The van der Waals surface area contributed by atoms with Crippen LogP contribution in [0.5, 0.6) is 0 Å². The van der Waals surface area contributed by atoms with E-state index in [1.54, 1.807) is 4.90 Å². The zero-order valence-corrected chi connectivity index (χ0v) is 11.2. The molecule has 94 valence electrons. The van der Waals surface area contributed by atoms with Crippen LogP contribution in [0.15, 0.2) is 0 Å². The molecule has 3 unspecified atom stereocenters. The summed E-state index contributed by atoms with van der Waals surface area (Å²) >= 11 is 6.14. The van der Waals surface area contributed by atoms with E-state index in [0.29, 0.717) is 11.5 Å². The minimum atomic E-state index is 0.387. The van der Waals surface area contributed by atoms with Gasteiger partial charge in [-0.15, -0.1) is 11.6 Å². The monoisotopic (exact) mass is 245 g/mol. The molecule has 3 N–H and O–H groups in total. The summed E-state index contributed by atoms with van der Waals surface area (Å²) in [6.45, 7) is 4.90. The van der Waals surface area contributed by atoms with Gasteiger partial charge in [0.25, 0.3) is 0 Å². The van der Waals surface area contributed by atoms with E-state index in [0.717, 1.165) is 11.8 Å². The summed E-state index contributed by atoms with van der Waals surface area (Å²) in [4.78, 5) is 1.65. The van der Waals surface area contributed by atoms with Crippen LogP contribution in [0.1, 0.15) is 45.4 Å². The summed E-state index contributed by atoms with van der Waals surface area (Å²) in [6, 6.07) is 0. The van der Waals surface area contributed by atoms with Gasteiger partial charge in [-0.1, -0.05) is 6.92 Å². The highest BCUT2D eigenvalue weighted by atomic mass is 35.5. The van der Waals surface area contributed by atoms with Crippen molar-refractivity contribution in [2.75, 3.05) is 13.1 Å². The molecule has 1 heterocycles. The summed E-state index contributed by atoms with van der Waals surface area (Å²) in [5.74, 6) is 1.71. The number of nitrogens with two attached hydrogens (primary N) is 1. The maximum absolute atomic E-state index is 6.25. The lowest BCUT2D eigenvalue weighted by Gasteiger charge is -2.36. The van der Waals surface area contributed by atoms with Crippen LogP contribution in [0.4, 0.5) is 0 Å². The third-order valence-corrected chi connectivity index (χ3v) is 4.90. The molecule has 0 aromatic carbocycles. The van der Waals surface area contributed by atoms with Crippen molar-refractivity contribution in [2.45, 2.75) is 57.0 Å². The molecule has 2 nitrogen and oxygen atoms in total. The molecule has 2 aliphatic rings. The fourth-order valence-corrected chi connectivity index (χ4v) is 3.54. The number of likely N-dealkylation sites (tertiary alicyclic amines) is 1. The standard InChI is InChI=1S/C13H25ClN2/c1-10-6-7-16(13(15)8-10)9-11-2-4-12(14)5-3-11/h10-13H,2-9,15H2,1H3/p+1. The second-order valence-corrected chi connectivity index (χ2v) is 6.58. The van der Waals surface area contributed by atoms with E-state index in [4.69, 9.17) is 17.3 Å². The van der Waals surface area contributed by atoms with Crippen molar-refractivity contribution in [3.8, 4) is 0 Å². The fourth-order valence-electron chi connectivity index (χ4n) is 3.29. The minimum Gasteiger partial charge on any atom is -0.320 e. The molecule has 2 fully saturated rings. The number of hydrogen-bond acceptors (Lipinski definition) is 1. The molecule has 0 bridgehead atoms. The van der Waals surface area contributed by atoms with Gasteiger partial charge >= 0.3 is 0 Å². The van der Waals surface area contributed by atoms with Gasteiger partial charge in [0.05, 0.1) is 13.1 Å². The lowest BCUT2D eigenvalue weighted by atomic mass is 9.87. The third kappa shape index (κ3) is 3.35. The van der Waals surface area contributed by atoms with Gasteiger partial charge in [-0.05, 0) is 38.0 Å². The zero-order valence-electron chi connectivity index (χ0n) is 10.4. The predicted octanol–water partition coefficient (Wildman–Crippen LogP) is 1.38. The maximum atomic E-state index is 6.25. The Morgan fingerprint density at radius 2 is 1.88 bits per heavy atom. The highest BCUT2D eigenvalue weighted by molar-refractivity contribution is 6.20. The number of quaternary nitrogens is 1. The largest absolute Gasteiger partial charge is 0.320 e. The smallest absolute Gasteiger partial charge is 0.139 e. The van der Waals surface area contributed by atoms with Gasteiger partial charge in [-0.25, -0.2) is 0 Å². The second kappa shape index (κ2) is 5.70. The van der Waals surface area contributed by atoms with Crippen LogP contribution >= 0.6 is 11.6 Å². The summed E-state index contributed by atoms with van der Waals surface area (Å²) in [6.07, 6.45) is 8.02. The van der Waals surface area contributed by atoms with Gasteiger partial charge < -0.3 is 4.90 Å². The number of alkyl halides is 1. The first-order valence-electron chi connectivity index (χ1n) is 6.89. The van der Waals surface area contributed by atoms with Crippen LogP contribution < -0.4 is 10.6 Å². The molecule has 0 radical (unpaired) electrons. The van der Waals surface area contributed by atoms with Gasteiger partial charge in [0, 0.05) is 17.7 Å². The Balaban J connectivity index is 1.76. The van der Waals surface area contributed by atoms with E-state index in [9.17, 15) is 0 Å². The average molecular weight is 246 g/mol. The quantitative estimate of drug-likeness (QED) is 0.708. The Hall–Kier alpha value is 0.210. The molecular formula is C13H26ClN2+. The average Bonchev–Trinajstić information content (AvgIpc) is 2.25. The van der Waals surface area contributed by atoms with Crippen molar-refractivity contribution < 1.29 is 4.90 Å². The molecule has 3 heteroatoms. The van der Waals surface area contributed by atoms with Crippen molar-refractivity contribution in [3.05, 3.63) is 0 Å².